The van der Waals surface area contributed by atoms with Gasteiger partial charge in [-0.1, -0.05) is 56.3 Å². The Morgan fingerprint density at radius 1 is 1.14 bits per heavy atom. The SMILES string of the molecule is CC(C)NC(=O)CNC(=O)C(CCc1ccccc1)CN1CCC(C)(c2cccc(O)c2)C(C)C1. The molecule has 35 heavy (non-hydrogen) atoms. The highest BCUT2D eigenvalue weighted by molar-refractivity contribution is 5.86. The molecule has 2 aromatic rings. The van der Waals surface area contributed by atoms with Gasteiger partial charge in [0.2, 0.25) is 11.8 Å². The predicted octanol–water partition coefficient (Wildman–Crippen LogP) is 3.88. The maximum absolute atomic E-state index is 13.2. The van der Waals surface area contributed by atoms with E-state index in [2.05, 4.69) is 47.6 Å². The summed E-state index contributed by atoms with van der Waals surface area (Å²) in [6.45, 7) is 10.8. The smallest absolute Gasteiger partial charge is 0.239 e. The van der Waals surface area contributed by atoms with Crippen molar-refractivity contribution in [1.82, 2.24) is 15.5 Å². The van der Waals surface area contributed by atoms with Crippen LogP contribution in [-0.2, 0) is 21.4 Å². The Bertz CT molecular complexity index is 978. The van der Waals surface area contributed by atoms with E-state index in [-0.39, 0.29) is 35.7 Å². The fourth-order valence-corrected chi connectivity index (χ4v) is 5.06. The van der Waals surface area contributed by atoms with Crippen LogP contribution < -0.4 is 10.6 Å². The van der Waals surface area contributed by atoms with E-state index in [9.17, 15) is 14.7 Å². The number of nitrogens with zero attached hydrogens (tertiary/aromatic N) is 1. The summed E-state index contributed by atoms with van der Waals surface area (Å²) in [5.41, 5.74) is 2.36. The van der Waals surface area contributed by atoms with Gasteiger partial charge in [-0.25, -0.2) is 0 Å². The van der Waals surface area contributed by atoms with Crippen LogP contribution in [0.5, 0.6) is 5.75 Å². The zero-order chi connectivity index (χ0) is 25.4. The summed E-state index contributed by atoms with van der Waals surface area (Å²) < 4.78 is 0. The molecular weight excluding hydrogens is 438 g/mol. The van der Waals surface area contributed by atoms with Crippen LogP contribution in [0.4, 0.5) is 0 Å². The molecule has 3 N–H and O–H groups in total. The first kappa shape index (κ1) is 26.7. The van der Waals surface area contributed by atoms with Crippen LogP contribution in [0.15, 0.2) is 54.6 Å². The number of carbonyl (C=O) groups excluding carboxylic acids is 2. The van der Waals surface area contributed by atoms with Crippen molar-refractivity contribution < 1.29 is 14.7 Å². The van der Waals surface area contributed by atoms with Crippen molar-refractivity contribution in [1.29, 1.82) is 0 Å². The number of hydrogen-bond donors (Lipinski definition) is 3. The van der Waals surface area contributed by atoms with Crippen molar-refractivity contribution >= 4 is 11.8 Å². The highest BCUT2D eigenvalue weighted by Gasteiger charge is 2.39. The van der Waals surface area contributed by atoms with Crippen molar-refractivity contribution in [2.24, 2.45) is 11.8 Å². The molecule has 6 nitrogen and oxygen atoms in total. The molecule has 3 unspecified atom stereocenters. The predicted molar refractivity (Wildman–Crippen MR) is 140 cm³/mol. The molecule has 1 aliphatic rings. The van der Waals surface area contributed by atoms with Gasteiger partial charge in [-0.15, -0.1) is 0 Å². The lowest BCUT2D eigenvalue weighted by atomic mass is 9.68. The van der Waals surface area contributed by atoms with Gasteiger partial charge in [0.15, 0.2) is 0 Å². The third kappa shape index (κ3) is 7.56. The Hall–Kier alpha value is -2.86. The molecule has 1 aliphatic heterocycles. The van der Waals surface area contributed by atoms with Crippen LogP contribution in [0.3, 0.4) is 0 Å². The standard InChI is InChI=1S/C29H41N3O3/c1-21(2)31-27(34)18-30-28(35)24(14-13-23-9-6-5-7-10-23)20-32-16-15-29(4,22(3)19-32)25-11-8-12-26(33)17-25/h5-12,17,21-22,24,33H,13-16,18-20H2,1-4H3,(H,30,35)(H,31,34). The third-order valence-electron chi connectivity index (χ3n) is 7.42. The van der Waals surface area contributed by atoms with Gasteiger partial charge in [-0.2, -0.15) is 0 Å². The van der Waals surface area contributed by atoms with Gasteiger partial charge >= 0.3 is 0 Å². The number of carbonyl (C=O) groups is 2. The first-order valence-electron chi connectivity index (χ1n) is 12.8. The maximum atomic E-state index is 13.2. The molecule has 1 heterocycles. The minimum absolute atomic E-state index is 0.00479. The van der Waals surface area contributed by atoms with Gasteiger partial charge in [0, 0.05) is 19.1 Å². The minimum Gasteiger partial charge on any atom is -0.508 e. The number of rotatable bonds is 10. The van der Waals surface area contributed by atoms with E-state index in [1.807, 2.05) is 44.2 Å². The first-order valence-corrected chi connectivity index (χ1v) is 12.8. The lowest BCUT2D eigenvalue weighted by Gasteiger charge is -2.45. The molecule has 6 heteroatoms. The normalized spacial score (nSPS) is 21.5. The van der Waals surface area contributed by atoms with Crippen LogP contribution >= 0.6 is 0 Å². The average molecular weight is 480 g/mol. The number of piperidine rings is 1. The fraction of sp³-hybridized carbons (Fsp3) is 0.517. The van der Waals surface area contributed by atoms with Crippen molar-refractivity contribution in [3.05, 3.63) is 65.7 Å². The van der Waals surface area contributed by atoms with E-state index in [0.717, 1.165) is 32.4 Å². The number of phenolic OH excluding ortho intramolecular Hbond substituents is 1. The Morgan fingerprint density at radius 3 is 2.54 bits per heavy atom. The molecule has 2 aromatic carbocycles. The van der Waals surface area contributed by atoms with Crippen molar-refractivity contribution in [3.8, 4) is 5.75 Å². The fourth-order valence-electron chi connectivity index (χ4n) is 5.06. The van der Waals surface area contributed by atoms with Gasteiger partial charge in [0.05, 0.1) is 12.5 Å². The number of aryl methyl sites for hydroxylation is 1. The van der Waals surface area contributed by atoms with Crippen molar-refractivity contribution in [2.45, 2.75) is 58.4 Å². The Labute approximate surface area is 210 Å². The first-order chi connectivity index (χ1) is 16.7. The van der Waals surface area contributed by atoms with Gasteiger partial charge in [0.1, 0.15) is 5.75 Å². The average Bonchev–Trinajstić information content (AvgIpc) is 2.82. The summed E-state index contributed by atoms with van der Waals surface area (Å²) >= 11 is 0. The molecule has 0 radical (unpaired) electrons. The molecule has 190 valence electrons. The lowest BCUT2D eigenvalue weighted by Crippen LogP contribution is -2.50. The van der Waals surface area contributed by atoms with Crippen molar-refractivity contribution in [2.75, 3.05) is 26.2 Å². The highest BCUT2D eigenvalue weighted by Crippen LogP contribution is 2.40. The number of hydrogen-bond acceptors (Lipinski definition) is 4. The second kappa shape index (κ2) is 12.2. The number of phenols is 1. The van der Waals surface area contributed by atoms with Gasteiger partial charge < -0.3 is 20.6 Å². The summed E-state index contributed by atoms with van der Waals surface area (Å²) in [6, 6.07) is 17.9. The molecular formula is C29H41N3O3. The quantitative estimate of drug-likeness (QED) is 0.483. The van der Waals surface area contributed by atoms with Crippen LogP contribution in [-0.4, -0.2) is 54.0 Å². The largest absolute Gasteiger partial charge is 0.508 e. The third-order valence-corrected chi connectivity index (χ3v) is 7.42. The summed E-state index contributed by atoms with van der Waals surface area (Å²) in [5, 5.41) is 15.7. The molecule has 1 fully saturated rings. The van der Waals surface area contributed by atoms with E-state index < -0.39 is 0 Å². The van der Waals surface area contributed by atoms with Crippen LogP contribution in [0, 0.1) is 11.8 Å². The van der Waals surface area contributed by atoms with E-state index in [4.69, 9.17) is 0 Å². The van der Waals surface area contributed by atoms with E-state index in [0.29, 0.717) is 18.2 Å². The van der Waals surface area contributed by atoms with Gasteiger partial charge in [-0.3, -0.25) is 9.59 Å². The number of likely N-dealkylation sites (tertiary alicyclic amines) is 1. The number of aromatic hydroxyl groups is 1. The second-order valence-corrected chi connectivity index (χ2v) is 10.5. The number of amides is 2. The monoisotopic (exact) mass is 479 g/mol. The number of benzene rings is 2. The molecule has 0 bridgehead atoms. The molecule has 0 saturated carbocycles. The van der Waals surface area contributed by atoms with E-state index in [1.54, 1.807) is 6.07 Å². The topological polar surface area (TPSA) is 81.7 Å². The summed E-state index contributed by atoms with van der Waals surface area (Å²) in [6.07, 6.45) is 2.51. The zero-order valence-electron chi connectivity index (χ0n) is 21.6. The maximum Gasteiger partial charge on any atom is 0.239 e. The Morgan fingerprint density at radius 2 is 1.89 bits per heavy atom. The van der Waals surface area contributed by atoms with Gasteiger partial charge in [0.25, 0.3) is 0 Å². The molecule has 0 spiro atoms. The van der Waals surface area contributed by atoms with E-state index >= 15 is 0 Å². The number of nitrogens with one attached hydrogen (secondary N) is 2. The highest BCUT2D eigenvalue weighted by atomic mass is 16.3. The molecule has 3 rings (SSSR count). The minimum atomic E-state index is -0.195. The summed E-state index contributed by atoms with van der Waals surface area (Å²) in [7, 11) is 0. The molecule has 2 amide bonds. The summed E-state index contributed by atoms with van der Waals surface area (Å²) in [4.78, 5) is 27.6. The molecule has 0 aliphatic carbocycles. The van der Waals surface area contributed by atoms with Crippen LogP contribution in [0.2, 0.25) is 0 Å². The van der Waals surface area contributed by atoms with Crippen LogP contribution in [0.1, 0.15) is 51.7 Å². The molecule has 1 saturated heterocycles. The summed E-state index contributed by atoms with van der Waals surface area (Å²) in [5.74, 6) is 0.252. The van der Waals surface area contributed by atoms with E-state index in [1.165, 1.54) is 11.1 Å². The lowest BCUT2D eigenvalue weighted by molar-refractivity contribution is -0.129. The Balaban J connectivity index is 1.64. The van der Waals surface area contributed by atoms with Gasteiger partial charge in [-0.05, 0) is 74.2 Å². The van der Waals surface area contributed by atoms with Crippen LogP contribution in [0.25, 0.3) is 0 Å². The second-order valence-electron chi connectivity index (χ2n) is 10.5. The molecule has 3 atom stereocenters. The van der Waals surface area contributed by atoms with Crippen molar-refractivity contribution in [3.63, 3.8) is 0 Å². The Kier molecular flexibility index (Phi) is 9.33. The zero-order valence-corrected chi connectivity index (χ0v) is 21.6. The molecule has 0 aromatic heterocycles.